The Morgan fingerprint density at radius 3 is 2.23 bits per heavy atom. The van der Waals surface area contributed by atoms with Crippen molar-refractivity contribution in [3.63, 3.8) is 0 Å². The molecule has 2 nitrogen and oxygen atoms in total. The van der Waals surface area contributed by atoms with Gasteiger partial charge in [0, 0.05) is 19.0 Å². The monoisotopic (exact) mass is 301 g/mol. The predicted molar refractivity (Wildman–Crippen MR) is 91.9 cm³/mol. The lowest BCUT2D eigenvalue weighted by Crippen LogP contribution is -2.48. The Morgan fingerprint density at radius 1 is 1.05 bits per heavy atom. The molecular weight excluding hydrogens is 270 g/mol. The van der Waals surface area contributed by atoms with Crippen LogP contribution in [0.4, 0.5) is 0 Å². The van der Waals surface area contributed by atoms with Gasteiger partial charge in [0.05, 0.1) is 5.60 Å². The van der Waals surface area contributed by atoms with Gasteiger partial charge in [-0.15, -0.1) is 0 Å². The van der Waals surface area contributed by atoms with Crippen LogP contribution < -0.4 is 0 Å². The first-order valence-corrected chi connectivity index (χ1v) is 8.63. The molecule has 1 heterocycles. The second-order valence-corrected chi connectivity index (χ2v) is 8.66. The van der Waals surface area contributed by atoms with Gasteiger partial charge in [0.15, 0.2) is 0 Å². The first-order valence-electron chi connectivity index (χ1n) is 8.63. The van der Waals surface area contributed by atoms with E-state index in [1.165, 1.54) is 29.5 Å². The summed E-state index contributed by atoms with van der Waals surface area (Å²) >= 11 is 0. The first kappa shape index (κ1) is 16.0. The zero-order valence-corrected chi connectivity index (χ0v) is 15.2. The van der Waals surface area contributed by atoms with Crippen LogP contribution in [-0.2, 0) is 10.3 Å². The van der Waals surface area contributed by atoms with Crippen molar-refractivity contribution in [2.45, 2.75) is 71.4 Å². The molecule has 3 rings (SSSR count). The van der Waals surface area contributed by atoms with E-state index in [9.17, 15) is 0 Å². The molecule has 2 heteroatoms. The molecule has 2 fully saturated rings. The Kier molecular flexibility index (Phi) is 3.69. The summed E-state index contributed by atoms with van der Waals surface area (Å²) in [6.45, 7) is 13.8. The van der Waals surface area contributed by atoms with Crippen LogP contribution in [0.5, 0.6) is 0 Å². The van der Waals surface area contributed by atoms with Crippen LogP contribution in [0.15, 0.2) is 18.2 Å². The third-order valence-corrected chi connectivity index (χ3v) is 6.05. The summed E-state index contributed by atoms with van der Waals surface area (Å²) in [5.74, 6) is 1.24. The molecule has 1 aromatic rings. The maximum atomic E-state index is 6.18. The Hall–Kier alpha value is -0.860. The fraction of sp³-hybridized carbons (Fsp3) is 0.700. The third-order valence-electron chi connectivity index (χ3n) is 6.05. The summed E-state index contributed by atoms with van der Waals surface area (Å²) in [5.41, 5.74) is 4.47. The molecule has 122 valence electrons. The van der Waals surface area contributed by atoms with E-state index in [0.717, 1.165) is 0 Å². The normalized spacial score (nSPS) is 38.0. The van der Waals surface area contributed by atoms with Gasteiger partial charge in [-0.2, -0.15) is 5.06 Å². The van der Waals surface area contributed by atoms with Crippen LogP contribution in [0.1, 0.15) is 57.2 Å². The fourth-order valence-electron chi connectivity index (χ4n) is 5.24. The van der Waals surface area contributed by atoms with E-state index in [-0.39, 0.29) is 11.0 Å². The second kappa shape index (κ2) is 5.07. The van der Waals surface area contributed by atoms with Crippen LogP contribution in [-0.4, -0.2) is 23.8 Å². The first-order chi connectivity index (χ1) is 10.1. The highest BCUT2D eigenvalue weighted by molar-refractivity contribution is 5.35. The summed E-state index contributed by atoms with van der Waals surface area (Å²) < 4.78 is 0. The molecule has 0 radical (unpaired) electrons. The molecule has 2 aliphatic rings. The number of hydrogen-bond acceptors (Lipinski definition) is 2. The van der Waals surface area contributed by atoms with Crippen molar-refractivity contribution in [1.29, 1.82) is 0 Å². The average Bonchev–Trinajstić information content (AvgIpc) is 2.58. The van der Waals surface area contributed by atoms with E-state index in [4.69, 9.17) is 4.84 Å². The molecule has 1 aliphatic heterocycles. The van der Waals surface area contributed by atoms with Crippen LogP contribution in [0.25, 0.3) is 0 Å². The van der Waals surface area contributed by atoms with E-state index in [1.54, 1.807) is 0 Å². The Balaban J connectivity index is 1.99. The maximum Gasteiger partial charge on any atom is 0.0887 e. The Labute approximate surface area is 135 Å². The molecule has 0 amide bonds. The van der Waals surface area contributed by atoms with Crippen molar-refractivity contribution in [3.8, 4) is 0 Å². The SMILES string of the molecule is Cc1cc(C)cc(C2(C)CC(C)C3C(C2)C(C)(C)ON3C)c1. The molecule has 4 unspecified atom stereocenters. The van der Waals surface area contributed by atoms with E-state index < -0.39 is 0 Å². The smallest absolute Gasteiger partial charge is 0.0887 e. The van der Waals surface area contributed by atoms with E-state index in [2.05, 4.69) is 71.9 Å². The van der Waals surface area contributed by atoms with Gasteiger partial charge in [-0.05, 0) is 57.4 Å². The lowest BCUT2D eigenvalue weighted by Gasteiger charge is -2.46. The molecule has 0 aromatic heterocycles. The maximum absolute atomic E-state index is 6.18. The van der Waals surface area contributed by atoms with Crippen molar-refractivity contribution < 1.29 is 4.84 Å². The lowest BCUT2D eigenvalue weighted by atomic mass is 9.59. The molecule has 1 aromatic carbocycles. The highest BCUT2D eigenvalue weighted by Crippen LogP contribution is 2.53. The van der Waals surface area contributed by atoms with Crippen molar-refractivity contribution in [1.82, 2.24) is 5.06 Å². The molecular formula is C20H31NO. The number of hydrogen-bond donors (Lipinski definition) is 0. The van der Waals surface area contributed by atoms with Gasteiger partial charge in [-0.25, -0.2) is 0 Å². The lowest BCUT2D eigenvalue weighted by molar-refractivity contribution is -0.182. The van der Waals surface area contributed by atoms with Crippen LogP contribution in [0.2, 0.25) is 0 Å². The van der Waals surface area contributed by atoms with Crippen LogP contribution >= 0.6 is 0 Å². The Bertz CT molecular complexity index is 559. The minimum absolute atomic E-state index is 0.0613. The largest absolute Gasteiger partial charge is 0.293 e. The van der Waals surface area contributed by atoms with E-state index >= 15 is 0 Å². The van der Waals surface area contributed by atoms with Gasteiger partial charge < -0.3 is 0 Å². The minimum Gasteiger partial charge on any atom is -0.293 e. The van der Waals surface area contributed by atoms with Gasteiger partial charge >= 0.3 is 0 Å². The van der Waals surface area contributed by atoms with Crippen molar-refractivity contribution >= 4 is 0 Å². The zero-order valence-electron chi connectivity index (χ0n) is 15.2. The van der Waals surface area contributed by atoms with Crippen LogP contribution in [0.3, 0.4) is 0 Å². The Morgan fingerprint density at radius 2 is 1.64 bits per heavy atom. The second-order valence-electron chi connectivity index (χ2n) is 8.66. The molecule has 1 saturated heterocycles. The topological polar surface area (TPSA) is 12.5 Å². The van der Waals surface area contributed by atoms with Crippen molar-refractivity contribution in [2.75, 3.05) is 7.05 Å². The molecule has 22 heavy (non-hydrogen) atoms. The molecule has 0 spiro atoms. The number of aryl methyl sites for hydroxylation is 2. The van der Waals surface area contributed by atoms with Gasteiger partial charge in [0.1, 0.15) is 0 Å². The molecule has 1 aliphatic carbocycles. The predicted octanol–water partition coefficient (Wildman–Crippen LogP) is 4.63. The number of nitrogens with zero attached hydrogens (tertiary/aromatic N) is 1. The molecule has 1 saturated carbocycles. The van der Waals surface area contributed by atoms with Crippen LogP contribution in [0, 0.1) is 25.7 Å². The van der Waals surface area contributed by atoms with Crippen molar-refractivity contribution in [3.05, 3.63) is 34.9 Å². The number of rotatable bonds is 1. The van der Waals surface area contributed by atoms with E-state index in [0.29, 0.717) is 17.9 Å². The molecule has 4 atom stereocenters. The number of fused-ring (bicyclic) bond motifs is 1. The zero-order chi connectivity index (χ0) is 16.3. The van der Waals surface area contributed by atoms with Gasteiger partial charge in [-0.3, -0.25) is 4.84 Å². The highest BCUT2D eigenvalue weighted by atomic mass is 16.7. The number of hydroxylamine groups is 2. The summed E-state index contributed by atoms with van der Waals surface area (Å²) in [5, 5.41) is 2.14. The summed E-state index contributed by atoms with van der Waals surface area (Å²) in [7, 11) is 2.11. The molecule has 0 bridgehead atoms. The highest BCUT2D eigenvalue weighted by Gasteiger charge is 2.55. The third kappa shape index (κ3) is 2.51. The van der Waals surface area contributed by atoms with Crippen molar-refractivity contribution in [2.24, 2.45) is 11.8 Å². The number of benzene rings is 1. The quantitative estimate of drug-likeness (QED) is 0.750. The minimum atomic E-state index is -0.0613. The van der Waals surface area contributed by atoms with Gasteiger partial charge in [-0.1, -0.05) is 43.2 Å². The van der Waals surface area contributed by atoms with Gasteiger partial charge in [0.2, 0.25) is 0 Å². The van der Waals surface area contributed by atoms with Gasteiger partial charge in [0.25, 0.3) is 0 Å². The summed E-state index contributed by atoms with van der Waals surface area (Å²) in [4.78, 5) is 6.18. The van der Waals surface area contributed by atoms with E-state index in [1.807, 2.05) is 0 Å². The fourth-order valence-corrected chi connectivity index (χ4v) is 5.24. The summed E-state index contributed by atoms with van der Waals surface area (Å²) in [6, 6.07) is 7.62. The standard InChI is InChI=1S/C20H31NO/c1-13-8-14(2)10-16(9-13)20(6)11-15(3)18-17(12-20)19(4,5)22-21(18)7/h8-10,15,17-18H,11-12H2,1-7H3. The average molecular weight is 301 g/mol. The molecule has 0 N–H and O–H groups in total. The summed E-state index contributed by atoms with van der Waals surface area (Å²) in [6.07, 6.45) is 2.45.